The van der Waals surface area contributed by atoms with E-state index in [0.717, 1.165) is 0 Å². The van der Waals surface area contributed by atoms with Crippen molar-refractivity contribution in [1.82, 2.24) is 0 Å². The molecule has 0 aliphatic carbocycles. The van der Waals surface area contributed by atoms with Crippen molar-refractivity contribution in [1.29, 1.82) is 0 Å². The Balaban J connectivity index is 3.44. The minimum Gasteiger partial charge on any atom is -0.392 e. The largest absolute Gasteiger partial charge is 0.418 e. The highest BCUT2D eigenvalue weighted by molar-refractivity contribution is 9.10. The van der Waals surface area contributed by atoms with Gasteiger partial charge in [0.05, 0.1) is 17.2 Å². The minimum absolute atomic E-state index is 0.156. The lowest BCUT2D eigenvalue weighted by atomic mass is 10.1. The number of aliphatic hydroxyl groups is 1. The molecule has 1 nitrogen and oxygen atoms in total. The van der Waals surface area contributed by atoms with Crippen LogP contribution in [0, 0.1) is 0 Å². The molecule has 1 rings (SSSR count). The van der Waals surface area contributed by atoms with Crippen molar-refractivity contribution in [2.24, 2.45) is 0 Å². The Morgan fingerprint density at radius 1 is 1.36 bits per heavy atom. The van der Waals surface area contributed by atoms with Crippen LogP contribution < -0.4 is 0 Å². The molecule has 0 aliphatic rings. The zero-order valence-corrected chi connectivity index (χ0v) is 9.04. The van der Waals surface area contributed by atoms with Crippen LogP contribution in [0.1, 0.15) is 11.1 Å². The Morgan fingerprint density at radius 3 is 2.36 bits per heavy atom. The predicted molar refractivity (Wildman–Crippen MR) is 50.1 cm³/mol. The van der Waals surface area contributed by atoms with Gasteiger partial charge in [0, 0.05) is 4.47 Å². The van der Waals surface area contributed by atoms with E-state index in [2.05, 4.69) is 15.9 Å². The van der Waals surface area contributed by atoms with Crippen LogP contribution in [-0.4, -0.2) is 5.11 Å². The van der Waals surface area contributed by atoms with Crippen LogP contribution in [0.5, 0.6) is 0 Å². The van der Waals surface area contributed by atoms with E-state index < -0.39 is 23.4 Å². The van der Waals surface area contributed by atoms with Crippen LogP contribution >= 0.6 is 27.5 Å². The fraction of sp³-hybridized carbons (Fsp3) is 0.250. The molecule has 1 aromatic rings. The number of aliphatic hydroxyl groups excluding tert-OH is 1. The predicted octanol–water partition coefficient (Wildman–Crippen LogP) is 3.61. The molecule has 6 heteroatoms. The normalized spacial score (nSPS) is 11.9. The standard InChI is InChI=1S/C8H5BrClF3O/c9-5-2-1-4(3-14)6(7(5)10)8(11,12)13/h1-2,14H,3H2. The molecule has 0 aromatic heterocycles. The van der Waals surface area contributed by atoms with E-state index in [1.165, 1.54) is 12.1 Å². The highest BCUT2D eigenvalue weighted by Crippen LogP contribution is 2.40. The van der Waals surface area contributed by atoms with Crippen LogP contribution in [-0.2, 0) is 12.8 Å². The molecule has 0 atom stereocenters. The number of alkyl halides is 3. The average Bonchev–Trinajstić information content (AvgIpc) is 2.07. The van der Waals surface area contributed by atoms with Crippen molar-refractivity contribution in [3.63, 3.8) is 0 Å². The summed E-state index contributed by atoms with van der Waals surface area (Å²) in [7, 11) is 0. The van der Waals surface area contributed by atoms with E-state index in [1.54, 1.807) is 0 Å². The maximum absolute atomic E-state index is 12.5. The Labute approximate surface area is 91.6 Å². The van der Waals surface area contributed by atoms with Crippen LogP contribution in [0.25, 0.3) is 0 Å². The summed E-state index contributed by atoms with van der Waals surface area (Å²) in [6.07, 6.45) is -4.56. The highest BCUT2D eigenvalue weighted by atomic mass is 79.9. The second-order valence-corrected chi connectivity index (χ2v) is 3.78. The Hall–Kier alpha value is -0.260. The van der Waals surface area contributed by atoms with Crippen LogP contribution in [0.15, 0.2) is 16.6 Å². The fourth-order valence-corrected chi connectivity index (χ4v) is 1.65. The van der Waals surface area contributed by atoms with Gasteiger partial charge in [0.1, 0.15) is 0 Å². The Morgan fingerprint density at radius 2 is 1.93 bits per heavy atom. The molecule has 0 unspecified atom stereocenters. The van der Waals surface area contributed by atoms with Crippen LogP contribution in [0.4, 0.5) is 13.2 Å². The number of hydrogen-bond acceptors (Lipinski definition) is 1. The van der Waals surface area contributed by atoms with Crippen molar-refractivity contribution in [2.75, 3.05) is 0 Å². The lowest BCUT2D eigenvalue weighted by Gasteiger charge is -2.13. The zero-order chi connectivity index (χ0) is 10.9. The van der Waals surface area contributed by atoms with Gasteiger partial charge >= 0.3 is 6.18 Å². The number of benzene rings is 1. The third kappa shape index (κ3) is 2.21. The molecule has 0 amide bonds. The molecule has 78 valence electrons. The van der Waals surface area contributed by atoms with Gasteiger partial charge in [-0.1, -0.05) is 17.7 Å². The zero-order valence-electron chi connectivity index (χ0n) is 6.70. The molecule has 1 N–H and O–H groups in total. The first-order chi connectivity index (χ1) is 6.38. The van der Waals surface area contributed by atoms with Crippen molar-refractivity contribution in [2.45, 2.75) is 12.8 Å². The first kappa shape index (κ1) is 11.8. The molecule has 0 saturated heterocycles. The van der Waals surface area contributed by atoms with Gasteiger partial charge < -0.3 is 5.11 Å². The van der Waals surface area contributed by atoms with E-state index in [9.17, 15) is 13.2 Å². The first-order valence-corrected chi connectivity index (χ1v) is 4.70. The quantitative estimate of drug-likeness (QED) is 0.837. The van der Waals surface area contributed by atoms with Crippen LogP contribution in [0.2, 0.25) is 5.02 Å². The summed E-state index contributed by atoms with van der Waals surface area (Å²) in [4.78, 5) is 0. The summed E-state index contributed by atoms with van der Waals surface area (Å²) in [5.74, 6) is 0. The molecule has 0 aliphatic heterocycles. The fourth-order valence-electron chi connectivity index (χ4n) is 1.03. The average molecular weight is 289 g/mol. The third-order valence-corrected chi connectivity index (χ3v) is 2.92. The number of rotatable bonds is 1. The summed E-state index contributed by atoms with van der Waals surface area (Å²) < 4.78 is 37.5. The van der Waals surface area contributed by atoms with E-state index in [0.29, 0.717) is 0 Å². The second kappa shape index (κ2) is 4.08. The van der Waals surface area contributed by atoms with Gasteiger partial charge in [-0.25, -0.2) is 0 Å². The smallest absolute Gasteiger partial charge is 0.392 e. The van der Waals surface area contributed by atoms with Gasteiger partial charge in [-0.3, -0.25) is 0 Å². The van der Waals surface area contributed by atoms with Crippen LogP contribution in [0.3, 0.4) is 0 Å². The lowest BCUT2D eigenvalue weighted by Crippen LogP contribution is -2.10. The van der Waals surface area contributed by atoms with Gasteiger partial charge in [0.25, 0.3) is 0 Å². The molecule has 0 bridgehead atoms. The summed E-state index contributed by atoms with van der Waals surface area (Å²) in [6.45, 7) is -0.693. The summed E-state index contributed by atoms with van der Waals surface area (Å²) >= 11 is 8.37. The van der Waals surface area contributed by atoms with Gasteiger partial charge in [-0.05, 0) is 27.6 Å². The molecule has 0 fully saturated rings. The maximum Gasteiger partial charge on any atom is 0.418 e. The topological polar surface area (TPSA) is 20.2 Å². The van der Waals surface area contributed by atoms with E-state index in [1.807, 2.05) is 0 Å². The van der Waals surface area contributed by atoms with E-state index in [-0.39, 0.29) is 10.0 Å². The molecule has 0 saturated carbocycles. The van der Waals surface area contributed by atoms with Gasteiger partial charge in [0.2, 0.25) is 0 Å². The Kier molecular flexibility index (Phi) is 3.44. The molecule has 0 radical (unpaired) electrons. The summed E-state index contributed by atoms with van der Waals surface area (Å²) in [5, 5.41) is 8.30. The first-order valence-electron chi connectivity index (χ1n) is 3.53. The van der Waals surface area contributed by atoms with Gasteiger partial charge in [0.15, 0.2) is 0 Å². The van der Waals surface area contributed by atoms with Gasteiger partial charge in [-0.2, -0.15) is 13.2 Å². The molecule has 1 aromatic carbocycles. The minimum atomic E-state index is -4.56. The highest BCUT2D eigenvalue weighted by Gasteiger charge is 2.36. The molecule has 14 heavy (non-hydrogen) atoms. The molecular formula is C8H5BrClF3O. The summed E-state index contributed by atoms with van der Waals surface area (Å²) in [5.41, 5.74) is -1.22. The Bertz CT molecular complexity index is 351. The second-order valence-electron chi connectivity index (χ2n) is 2.55. The van der Waals surface area contributed by atoms with Crippen molar-refractivity contribution in [3.8, 4) is 0 Å². The maximum atomic E-state index is 12.5. The molecule has 0 spiro atoms. The van der Waals surface area contributed by atoms with E-state index >= 15 is 0 Å². The molecular weight excluding hydrogens is 284 g/mol. The third-order valence-electron chi connectivity index (χ3n) is 1.63. The summed E-state index contributed by atoms with van der Waals surface area (Å²) in [6, 6.07) is 2.54. The number of hydrogen-bond donors (Lipinski definition) is 1. The van der Waals surface area contributed by atoms with Gasteiger partial charge in [-0.15, -0.1) is 0 Å². The van der Waals surface area contributed by atoms with Crippen molar-refractivity contribution in [3.05, 3.63) is 32.8 Å². The SMILES string of the molecule is OCc1ccc(Br)c(Cl)c1C(F)(F)F. The van der Waals surface area contributed by atoms with Crippen molar-refractivity contribution < 1.29 is 18.3 Å². The lowest BCUT2D eigenvalue weighted by molar-refractivity contribution is -0.138. The number of halogens is 5. The molecule has 0 heterocycles. The monoisotopic (exact) mass is 288 g/mol. The van der Waals surface area contributed by atoms with Crippen molar-refractivity contribution >= 4 is 27.5 Å². The van der Waals surface area contributed by atoms with E-state index in [4.69, 9.17) is 16.7 Å².